The van der Waals surface area contributed by atoms with Crippen LogP contribution in [-0.4, -0.2) is 23.9 Å². The first-order valence-electron chi connectivity index (χ1n) is 7.88. The lowest BCUT2D eigenvalue weighted by Crippen LogP contribution is -2.40. The second-order valence-electron chi connectivity index (χ2n) is 7.30. The van der Waals surface area contributed by atoms with E-state index in [2.05, 4.69) is 24.0 Å². The molecule has 19 heavy (non-hydrogen) atoms. The molecule has 2 heteroatoms. The van der Waals surface area contributed by atoms with E-state index in [1.54, 1.807) is 0 Å². The third-order valence-electron chi connectivity index (χ3n) is 4.66. The van der Waals surface area contributed by atoms with Crippen molar-refractivity contribution in [2.75, 3.05) is 13.1 Å². The Bertz CT molecular complexity index is 353. The summed E-state index contributed by atoms with van der Waals surface area (Å²) in [4.78, 5) is 14.4. The van der Waals surface area contributed by atoms with Gasteiger partial charge in [-0.2, -0.15) is 0 Å². The van der Waals surface area contributed by atoms with Crippen molar-refractivity contribution in [1.82, 2.24) is 4.90 Å². The largest absolute Gasteiger partial charge is 0.342 e. The quantitative estimate of drug-likeness (QED) is 0.705. The monoisotopic (exact) mass is 263 g/mol. The number of carbonyl (C=O) groups is 1. The van der Waals surface area contributed by atoms with E-state index in [4.69, 9.17) is 0 Å². The van der Waals surface area contributed by atoms with Crippen LogP contribution in [0.3, 0.4) is 0 Å². The maximum atomic E-state index is 12.4. The summed E-state index contributed by atoms with van der Waals surface area (Å²) >= 11 is 0. The van der Waals surface area contributed by atoms with Gasteiger partial charge in [0.1, 0.15) is 0 Å². The fraction of sp³-hybridized carbons (Fsp3) is 0.824. The number of hydrogen-bond acceptors (Lipinski definition) is 1. The molecule has 0 bridgehead atoms. The summed E-state index contributed by atoms with van der Waals surface area (Å²) in [5.74, 6) is 2.84. The number of hydrogen-bond donors (Lipinski definition) is 0. The summed E-state index contributed by atoms with van der Waals surface area (Å²) in [5, 5.41) is 0. The van der Waals surface area contributed by atoms with Crippen LogP contribution in [-0.2, 0) is 4.79 Å². The molecule has 0 heterocycles. The summed E-state index contributed by atoms with van der Waals surface area (Å²) in [6.07, 6.45) is 9.88. The van der Waals surface area contributed by atoms with Crippen LogP contribution < -0.4 is 0 Å². The highest BCUT2D eigenvalue weighted by molar-refractivity contribution is 5.81. The van der Waals surface area contributed by atoms with Gasteiger partial charge in [0.2, 0.25) is 5.91 Å². The first-order chi connectivity index (χ1) is 8.93. The highest BCUT2D eigenvalue weighted by Crippen LogP contribution is 2.48. The molecule has 0 N–H and O–H groups in total. The van der Waals surface area contributed by atoms with Gasteiger partial charge in [-0.05, 0) is 50.4 Å². The van der Waals surface area contributed by atoms with Crippen molar-refractivity contribution in [3.05, 3.63) is 12.2 Å². The first-order valence-corrected chi connectivity index (χ1v) is 7.88. The Morgan fingerprint density at radius 2 is 2.05 bits per heavy atom. The summed E-state index contributed by atoms with van der Waals surface area (Å²) in [6, 6.07) is 0. The minimum absolute atomic E-state index is 0.242. The minimum atomic E-state index is -0.242. The molecule has 0 saturated heterocycles. The van der Waals surface area contributed by atoms with Gasteiger partial charge >= 0.3 is 0 Å². The van der Waals surface area contributed by atoms with Crippen molar-refractivity contribution < 1.29 is 4.79 Å². The van der Waals surface area contributed by atoms with E-state index in [1.165, 1.54) is 25.7 Å². The van der Waals surface area contributed by atoms with Gasteiger partial charge in [0.05, 0.1) is 0 Å². The molecule has 3 unspecified atom stereocenters. The zero-order chi connectivity index (χ0) is 14.0. The SMILES string of the molecule is CCN(CC1CC1C1CC=CCC1)C(=O)C(C)(C)C. The molecule has 2 nitrogen and oxygen atoms in total. The number of carbonyl (C=O) groups excluding carboxylic acids is 1. The molecular weight excluding hydrogens is 234 g/mol. The van der Waals surface area contributed by atoms with Crippen LogP contribution in [0, 0.1) is 23.2 Å². The lowest BCUT2D eigenvalue weighted by Gasteiger charge is -2.29. The zero-order valence-electron chi connectivity index (χ0n) is 13.0. The molecule has 0 aromatic rings. The van der Waals surface area contributed by atoms with E-state index >= 15 is 0 Å². The third-order valence-corrected chi connectivity index (χ3v) is 4.66. The smallest absolute Gasteiger partial charge is 0.227 e. The Labute approximate surface area is 118 Å². The highest BCUT2D eigenvalue weighted by atomic mass is 16.2. The van der Waals surface area contributed by atoms with Gasteiger partial charge in [-0.3, -0.25) is 4.79 Å². The molecule has 0 spiro atoms. The van der Waals surface area contributed by atoms with Crippen LogP contribution >= 0.6 is 0 Å². The molecule has 108 valence electrons. The minimum Gasteiger partial charge on any atom is -0.342 e. The van der Waals surface area contributed by atoms with Gasteiger partial charge in [0.15, 0.2) is 0 Å². The molecule has 1 saturated carbocycles. The number of allylic oxidation sites excluding steroid dienone is 2. The van der Waals surface area contributed by atoms with E-state index in [0.717, 1.165) is 30.8 Å². The first kappa shape index (κ1) is 14.6. The lowest BCUT2D eigenvalue weighted by molar-refractivity contribution is -0.139. The molecule has 0 radical (unpaired) electrons. The van der Waals surface area contributed by atoms with Crippen molar-refractivity contribution in [2.45, 2.75) is 53.4 Å². The average molecular weight is 263 g/mol. The van der Waals surface area contributed by atoms with Gasteiger partial charge in [0.25, 0.3) is 0 Å². The summed E-state index contributed by atoms with van der Waals surface area (Å²) in [6.45, 7) is 10.0. The Kier molecular flexibility index (Phi) is 4.37. The van der Waals surface area contributed by atoms with Gasteiger partial charge in [-0.25, -0.2) is 0 Å². The summed E-state index contributed by atoms with van der Waals surface area (Å²) in [7, 11) is 0. The van der Waals surface area contributed by atoms with E-state index in [1.807, 2.05) is 20.8 Å². The predicted molar refractivity (Wildman–Crippen MR) is 79.8 cm³/mol. The predicted octanol–water partition coefficient (Wildman–Crippen LogP) is 3.87. The average Bonchev–Trinajstić information content (AvgIpc) is 3.14. The normalized spacial score (nSPS) is 30.2. The van der Waals surface area contributed by atoms with Crippen molar-refractivity contribution in [2.24, 2.45) is 23.2 Å². The second kappa shape index (κ2) is 5.68. The Morgan fingerprint density at radius 3 is 2.58 bits per heavy atom. The molecule has 0 aromatic carbocycles. The number of nitrogens with zero attached hydrogens (tertiary/aromatic N) is 1. The van der Waals surface area contributed by atoms with Gasteiger partial charge in [-0.15, -0.1) is 0 Å². The number of rotatable bonds is 4. The fourth-order valence-electron chi connectivity index (χ4n) is 3.38. The van der Waals surface area contributed by atoms with Crippen LogP contribution in [0.1, 0.15) is 53.4 Å². The van der Waals surface area contributed by atoms with Crippen LogP contribution in [0.25, 0.3) is 0 Å². The molecule has 1 fully saturated rings. The molecule has 2 rings (SSSR count). The maximum Gasteiger partial charge on any atom is 0.227 e. The van der Waals surface area contributed by atoms with Crippen molar-refractivity contribution in [3.8, 4) is 0 Å². The topological polar surface area (TPSA) is 20.3 Å². The second-order valence-corrected chi connectivity index (χ2v) is 7.30. The molecule has 2 aliphatic rings. The van der Waals surface area contributed by atoms with Gasteiger partial charge in [-0.1, -0.05) is 32.9 Å². The fourth-order valence-corrected chi connectivity index (χ4v) is 3.38. The Balaban J connectivity index is 1.84. The Morgan fingerprint density at radius 1 is 1.32 bits per heavy atom. The van der Waals surface area contributed by atoms with Crippen LogP contribution in [0.5, 0.6) is 0 Å². The molecule has 0 aromatic heterocycles. The molecule has 2 aliphatic carbocycles. The standard InChI is InChI=1S/C17H29NO/c1-5-18(16(19)17(2,3)4)12-14-11-15(14)13-9-7-6-8-10-13/h6-7,13-15H,5,8-12H2,1-4H3. The Hall–Kier alpha value is -0.790. The van der Waals surface area contributed by atoms with Crippen LogP contribution in [0.2, 0.25) is 0 Å². The summed E-state index contributed by atoms with van der Waals surface area (Å²) in [5.41, 5.74) is -0.242. The maximum absolute atomic E-state index is 12.4. The van der Waals surface area contributed by atoms with Crippen LogP contribution in [0.4, 0.5) is 0 Å². The summed E-state index contributed by atoms with van der Waals surface area (Å²) < 4.78 is 0. The third kappa shape index (κ3) is 3.61. The molecular formula is C17H29NO. The van der Waals surface area contributed by atoms with Crippen LogP contribution in [0.15, 0.2) is 12.2 Å². The van der Waals surface area contributed by atoms with E-state index in [9.17, 15) is 4.79 Å². The van der Waals surface area contributed by atoms with Gasteiger partial charge < -0.3 is 4.90 Å². The van der Waals surface area contributed by atoms with Crippen molar-refractivity contribution >= 4 is 5.91 Å². The molecule has 3 atom stereocenters. The molecule has 0 aliphatic heterocycles. The van der Waals surface area contributed by atoms with Gasteiger partial charge in [0, 0.05) is 18.5 Å². The van der Waals surface area contributed by atoms with E-state index in [0.29, 0.717) is 5.91 Å². The van der Waals surface area contributed by atoms with E-state index < -0.39 is 0 Å². The lowest BCUT2D eigenvalue weighted by atomic mass is 9.89. The highest BCUT2D eigenvalue weighted by Gasteiger charge is 2.44. The molecule has 1 amide bonds. The van der Waals surface area contributed by atoms with Crippen molar-refractivity contribution in [1.29, 1.82) is 0 Å². The number of amides is 1. The van der Waals surface area contributed by atoms with Crippen molar-refractivity contribution in [3.63, 3.8) is 0 Å². The zero-order valence-corrected chi connectivity index (χ0v) is 13.0. The van der Waals surface area contributed by atoms with E-state index in [-0.39, 0.29) is 5.41 Å².